The second-order valence-electron chi connectivity index (χ2n) is 7.95. The molecule has 2 aliphatic heterocycles. The molecule has 30 heavy (non-hydrogen) atoms. The Morgan fingerprint density at radius 3 is 2.63 bits per heavy atom. The molecule has 3 heterocycles. The van der Waals surface area contributed by atoms with Crippen LogP contribution in [0.1, 0.15) is 18.2 Å². The number of anilines is 1. The van der Waals surface area contributed by atoms with Crippen LogP contribution in [-0.4, -0.2) is 24.4 Å². The second-order valence-corrected chi connectivity index (χ2v) is 8.82. The highest BCUT2D eigenvalue weighted by molar-refractivity contribution is 6.31. The van der Waals surface area contributed by atoms with Crippen molar-refractivity contribution >= 4 is 40.3 Å². The van der Waals surface area contributed by atoms with Crippen molar-refractivity contribution in [3.63, 3.8) is 0 Å². The number of allylic oxidation sites excluding steroid dienone is 1. The van der Waals surface area contributed by atoms with Crippen molar-refractivity contribution in [3.8, 4) is 5.75 Å². The first-order chi connectivity index (χ1) is 14.4. The number of halogens is 2. The van der Waals surface area contributed by atoms with Crippen molar-refractivity contribution in [1.29, 1.82) is 0 Å². The predicted molar refractivity (Wildman–Crippen MR) is 121 cm³/mol. The molecule has 0 aliphatic carbocycles. The molecule has 0 bridgehead atoms. The van der Waals surface area contributed by atoms with Crippen LogP contribution in [0, 0.1) is 0 Å². The third kappa shape index (κ3) is 2.94. The lowest BCUT2D eigenvalue weighted by atomic mass is 9.76. The summed E-state index contributed by atoms with van der Waals surface area (Å²) < 4.78 is 14.1. The Morgan fingerprint density at radius 1 is 1.10 bits per heavy atom. The number of fused-ring (bicyclic) bond motifs is 2. The van der Waals surface area contributed by atoms with E-state index in [2.05, 4.69) is 36.8 Å². The standard InChI is InChI=1S/C24H21Cl2N2O2/c1-24(14-17-5-4-10-29-17)18-11-15(25)6-8-19(18)27(2)22(24)13-23-28(3)20-9-7-16(26)12-21(20)30-23/h4-13H,14H2,1-3H3/q+1. The Kier molecular flexibility index (Phi) is 4.46. The lowest BCUT2D eigenvalue weighted by molar-refractivity contribution is -0.401. The Balaban J connectivity index is 1.63. The van der Waals surface area contributed by atoms with E-state index in [-0.39, 0.29) is 5.41 Å². The first-order valence-corrected chi connectivity index (χ1v) is 10.5. The lowest BCUT2D eigenvalue weighted by Gasteiger charge is -2.22. The zero-order valence-electron chi connectivity index (χ0n) is 16.9. The SMILES string of the molecule is CN1/C(=C/C2=[N+](C)c3ccc(Cl)cc3C2(C)Cc2ccco2)Oc2cc(Cl)ccc21. The van der Waals surface area contributed by atoms with E-state index in [0.29, 0.717) is 11.4 Å². The summed E-state index contributed by atoms with van der Waals surface area (Å²) in [6.07, 6.45) is 4.52. The van der Waals surface area contributed by atoms with Crippen LogP contribution in [0.4, 0.5) is 11.4 Å². The zero-order valence-corrected chi connectivity index (χ0v) is 18.5. The maximum atomic E-state index is 6.39. The van der Waals surface area contributed by atoms with Crippen LogP contribution in [0.3, 0.4) is 0 Å². The molecule has 3 aromatic rings. The summed E-state index contributed by atoms with van der Waals surface area (Å²) in [7, 11) is 4.07. The van der Waals surface area contributed by atoms with E-state index in [1.54, 1.807) is 6.26 Å². The Labute approximate surface area is 185 Å². The molecule has 0 N–H and O–H groups in total. The number of ether oxygens (including phenoxy) is 1. The van der Waals surface area contributed by atoms with Gasteiger partial charge in [0.25, 0.3) is 0 Å². The molecule has 0 fully saturated rings. The van der Waals surface area contributed by atoms with Crippen LogP contribution >= 0.6 is 23.2 Å². The van der Waals surface area contributed by atoms with Gasteiger partial charge in [-0.3, -0.25) is 0 Å². The van der Waals surface area contributed by atoms with Crippen LogP contribution in [0.15, 0.2) is 71.2 Å². The summed E-state index contributed by atoms with van der Waals surface area (Å²) in [5.41, 5.74) is 4.05. The van der Waals surface area contributed by atoms with Crippen LogP contribution in [-0.2, 0) is 11.8 Å². The van der Waals surface area contributed by atoms with Gasteiger partial charge in [0.1, 0.15) is 12.8 Å². The molecule has 0 radical (unpaired) electrons. The van der Waals surface area contributed by atoms with Crippen LogP contribution in [0.5, 0.6) is 5.75 Å². The monoisotopic (exact) mass is 439 g/mol. The van der Waals surface area contributed by atoms with Gasteiger partial charge < -0.3 is 14.1 Å². The van der Waals surface area contributed by atoms with E-state index in [4.69, 9.17) is 32.4 Å². The van der Waals surface area contributed by atoms with Crippen molar-refractivity contribution in [1.82, 2.24) is 0 Å². The van der Waals surface area contributed by atoms with Gasteiger partial charge in [0, 0.05) is 41.2 Å². The number of furan rings is 1. The molecule has 6 heteroatoms. The molecule has 152 valence electrons. The van der Waals surface area contributed by atoms with Gasteiger partial charge in [-0.25, -0.2) is 0 Å². The summed E-state index contributed by atoms with van der Waals surface area (Å²) in [5, 5.41) is 1.37. The van der Waals surface area contributed by atoms with E-state index in [1.807, 2.05) is 48.3 Å². The second kappa shape index (κ2) is 6.93. The largest absolute Gasteiger partial charge is 0.469 e. The van der Waals surface area contributed by atoms with Gasteiger partial charge in [-0.1, -0.05) is 23.2 Å². The van der Waals surface area contributed by atoms with E-state index < -0.39 is 0 Å². The lowest BCUT2D eigenvalue weighted by Crippen LogP contribution is -2.34. The summed E-state index contributed by atoms with van der Waals surface area (Å²) in [5.74, 6) is 2.43. The van der Waals surface area contributed by atoms with Crippen molar-refractivity contribution in [2.24, 2.45) is 0 Å². The number of nitrogens with zero attached hydrogens (tertiary/aromatic N) is 2. The summed E-state index contributed by atoms with van der Waals surface area (Å²) >= 11 is 12.5. The minimum atomic E-state index is -0.337. The van der Waals surface area contributed by atoms with E-state index in [1.165, 1.54) is 5.56 Å². The van der Waals surface area contributed by atoms with Crippen LogP contribution in [0.25, 0.3) is 0 Å². The Bertz CT molecular complexity index is 1210. The van der Waals surface area contributed by atoms with Gasteiger partial charge in [-0.05, 0) is 43.3 Å². The molecule has 0 saturated carbocycles. The minimum Gasteiger partial charge on any atom is -0.469 e. The minimum absolute atomic E-state index is 0.337. The molecule has 4 nitrogen and oxygen atoms in total. The normalized spacial score (nSPS) is 21.2. The zero-order chi connectivity index (χ0) is 21.0. The summed E-state index contributed by atoms with van der Waals surface area (Å²) in [6.45, 7) is 2.22. The van der Waals surface area contributed by atoms with Gasteiger partial charge in [0.15, 0.2) is 11.5 Å². The molecule has 2 aliphatic rings. The predicted octanol–water partition coefficient (Wildman–Crippen LogP) is 6.19. The van der Waals surface area contributed by atoms with Crippen molar-refractivity contribution < 1.29 is 13.7 Å². The van der Waals surface area contributed by atoms with Crippen LogP contribution in [0.2, 0.25) is 10.0 Å². The fourth-order valence-electron chi connectivity index (χ4n) is 4.47. The van der Waals surface area contributed by atoms with Gasteiger partial charge in [-0.2, -0.15) is 4.58 Å². The fraction of sp³-hybridized carbons (Fsp3) is 0.208. The number of hydrogen-bond acceptors (Lipinski definition) is 3. The topological polar surface area (TPSA) is 28.6 Å². The van der Waals surface area contributed by atoms with Gasteiger partial charge >= 0.3 is 0 Å². The summed E-state index contributed by atoms with van der Waals surface area (Å²) in [4.78, 5) is 2.04. The highest BCUT2D eigenvalue weighted by Crippen LogP contribution is 2.45. The van der Waals surface area contributed by atoms with E-state index in [0.717, 1.165) is 39.5 Å². The third-order valence-corrected chi connectivity index (χ3v) is 6.51. The molecule has 0 amide bonds. The molecule has 1 atom stereocenters. The number of benzene rings is 2. The Morgan fingerprint density at radius 2 is 1.87 bits per heavy atom. The maximum absolute atomic E-state index is 6.39. The van der Waals surface area contributed by atoms with E-state index >= 15 is 0 Å². The van der Waals surface area contributed by atoms with Gasteiger partial charge in [-0.15, -0.1) is 0 Å². The fourth-order valence-corrected chi connectivity index (χ4v) is 4.81. The van der Waals surface area contributed by atoms with Gasteiger partial charge in [0.2, 0.25) is 11.6 Å². The molecule has 1 unspecified atom stereocenters. The average molecular weight is 440 g/mol. The number of rotatable bonds is 3. The highest BCUT2D eigenvalue weighted by atomic mass is 35.5. The smallest absolute Gasteiger partial charge is 0.209 e. The van der Waals surface area contributed by atoms with Crippen LogP contribution < -0.4 is 9.64 Å². The van der Waals surface area contributed by atoms with Crippen molar-refractivity contribution in [2.45, 2.75) is 18.8 Å². The molecular weight excluding hydrogens is 419 g/mol. The Hall–Kier alpha value is -2.69. The van der Waals surface area contributed by atoms with Gasteiger partial charge in [0.05, 0.1) is 23.4 Å². The molecular formula is C24H21Cl2N2O2+. The van der Waals surface area contributed by atoms with Crippen molar-refractivity contribution in [3.05, 3.63) is 88.1 Å². The van der Waals surface area contributed by atoms with Crippen molar-refractivity contribution in [2.75, 3.05) is 19.0 Å². The third-order valence-electron chi connectivity index (χ3n) is 6.04. The molecule has 0 spiro atoms. The first-order valence-electron chi connectivity index (χ1n) is 9.73. The summed E-state index contributed by atoms with van der Waals surface area (Å²) in [6, 6.07) is 15.7. The highest BCUT2D eigenvalue weighted by Gasteiger charge is 2.48. The molecule has 1 aromatic heterocycles. The average Bonchev–Trinajstić information content (AvgIpc) is 3.37. The van der Waals surface area contributed by atoms with E-state index in [9.17, 15) is 0 Å². The maximum Gasteiger partial charge on any atom is 0.209 e. The number of hydrogen-bond donors (Lipinski definition) is 0. The molecule has 0 saturated heterocycles. The first kappa shape index (κ1) is 19.3. The molecule has 2 aromatic carbocycles. The quantitative estimate of drug-likeness (QED) is 0.455. The molecule has 5 rings (SSSR count).